The van der Waals surface area contributed by atoms with E-state index in [0.717, 1.165) is 46.6 Å². The van der Waals surface area contributed by atoms with E-state index in [-0.39, 0.29) is 0 Å². The van der Waals surface area contributed by atoms with Crippen LogP contribution in [0, 0.1) is 0 Å². The summed E-state index contributed by atoms with van der Waals surface area (Å²) in [5.41, 5.74) is 5.17. The third-order valence-electron chi connectivity index (χ3n) is 4.26. The summed E-state index contributed by atoms with van der Waals surface area (Å²) in [5, 5.41) is 5.14. The second-order valence-electron chi connectivity index (χ2n) is 5.56. The van der Waals surface area contributed by atoms with E-state index in [2.05, 4.69) is 5.10 Å². The van der Waals surface area contributed by atoms with E-state index in [1.54, 1.807) is 11.6 Å². The number of rotatable bonds is 2. The molecule has 1 aromatic carbocycles. The van der Waals surface area contributed by atoms with Gasteiger partial charge in [0.05, 0.1) is 13.3 Å². The SMILES string of the molecule is COc1ccc(-c2cnn3c(Cl)c4c(nc23)CCCC4)cc1. The van der Waals surface area contributed by atoms with Crippen LogP contribution in [0.5, 0.6) is 5.75 Å². The zero-order valence-corrected chi connectivity index (χ0v) is 13.1. The molecular weight excluding hydrogens is 298 g/mol. The van der Waals surface area contributed by atoms with Crippen LogP contribution in [0.1, 0.15) is 24.1 Å². The summed E-state index contributed by atoms with van der Waals surface area (Å²) in [6.07, 6.45) is 6.18. The topological polar surface area (TPSA) is 39.4 Å². The molecule has 2 aromatic heterocycles. The van der Waals surface area contributed by atoms with E-state index in [1.807, 2.05) is 30.5 Å². The summed E-state index contributed by atoms with van der Waals surface area (Å²) in [6, 6.07) is 7.92. The standard InChI is InChI=1S/C17H16ClN3O/c1-22-12-8-6-11(7-9-12)14-10-19-21-16(18)13-4-2-3-5-15(13)20-17(14)21/h6-10H,2-5H2,1H3. The van der Waals surface area contributed by atoms with Gasteiger partial charge in [-0.2, -0.15) is 5.10 Å². The van der Waals surface area contributed by atoms with Crippen molar-refractivity contribution in [3.05, 3.63) is 46.9 Å². The number of hydrogen-bond acceptors (Lipinski definition) is 3. The number of aromatic nitrogens is 3. The predicted molar refractivity (Wildman–Crippen MR) is 86.6 cm³/mol. The van der Waals surface area contributed by atoms with E-state index < -0.39 is 0 Å². The fourth-order valence-electron chi connectivity index (χ4n) is 3.06. The van der Waals surface area contributed by atoms with Gasteiger partial charge in [0.15, 0.2) is 5.65 Å². The summed E-state index contributed by atoms with van der Waals surface area (Å²) in [6.45, 7) is 0. The maximum Gasteiger partial charge on any atom is 0.164 e. The lowest BCUT2D eigenvalue weighted by molar-refractivity contribution is 0.415. The van der Waals surface area contributed by atoms with E-state index >= 15 is 0 Å². The third-order valence-corrected chi connectivity index (χ3v) is 4.65. The molecule has 0 fully saturated rings. The Kier molecular flexibility index (Phi) is 3.26. The van der Waals surface area contributed by atoms with Gasteiger partial charge >= 0.3 is 0 Å². The Balaban J connectivity index is 1.90. The molecule has 0 saturated carbocycles. The average molecular weight is 314 g/mol. The van der Waals surface area contributed by atoms with Crippen molar-refractivity contribution in [2.24, 2.45) is 0 Å². The van der Waals surface area contributed by atoms with Crippen molar-refractivity contribution in [2.45, 2.75) is 25.7 Å². The molecule has 0 unspecified atom stereocenters. The summed E-state index contributed by atoms with van der Waals surface area (Å²) in [4.78, 5) is 4.84. The summed E-state index contributed by atoms with van der Waals surface area (Å²) < 4.78 is 6.97. The minimum absolute atomic E-state index is 0.708. The smallest absolute Gasteiger partial charge is 0.164 e. The van der Waals surface area contributed by atoms with E-state index in [1.165, 1.54) is 12.8 Å². The summed E-state index contributed by atoms with van der Waals surface area (Å²) in [7, 11) is 1.66. The van der Waals surface area contributed by atoms with Crippen LogP contribution in [0.4, 0.5) is 0 Å². The maximum atomic E-state index is 6.55. The zero-order chi connectivity index (χ0) is 15.1. The summed E-state index contributed by atoms with van der Waals surface area (Å²) >= 11 is 6.55. The summed E-state index contributed by atoms with van der Waals surface area (Å²) in [5.74, 6) is 0.837. The average Bonchev–Trinajstić information content (AvgIpc) is 2.99. The second-order valence-corrected chi connectivity index (χ2v) is 5.92. The Labute approximate surface area is 133 Å². The molecule has 0 radical (unpaired) electrons. The minimum Gasteiger partial charge on any atom is -0.497 e. The predicted octanol–water partition coefficient (Wildman–Crippen LogP) is 3.94. The fourth-order valence-corrected chi connectivity index (χ4v) is 3.39. The zero-order valence-electron chi connectivity index (χ0n) is 12.3. The normalized spacial score (nSPS) is 14.1. The lowest BCUT2D eigenvalue weighted by atomic mass is 9.97. The van der Waals surface area contributed by atoms with Gasteiger partial charge in [-0.15, -0.1) is 0 Å². The lowest BCUT2D eigenvalue weighted by Crippen LogP contribution is -2.10. The highest BCUT2D eigenvalue weighted by Gasteiger charge is 2.20. The highest BCUT2D eigenvalue weighted by atomic mass is 35.5. The van der Waals surface area contributed by atoms with Crippen molar-refractivity contribution < 1.29 is 4.74 Å². The van der Waals surface area contributed by atoms with E-state index in [4.69, 9.17) is 21.3 Å². The van der Waals surface area contributed by atoms with Crippen LogP contribution in [-0.2, 0) is 12.8 Å². The van der Waals surface area contributed by atoms with Crippen LogP contribution in [0.15, 0.2) is 30.5 Å². The van der Waals surface area contributed by atoms with Gasteiger partial charge in [-0.05, 0) is 43.4 Å². The van der Waals surface area contributed by atoms with Gasteiger partial charge in [-0.3, -0.25) is 0 Å². The largest absolute Gasteiger partial charge is 0.497 e. The van der Waals surface area contributed by atoms with Crippen LogP contribution in [-0.4, -0.2) is 21.7 Å². The number of methoxy groups -OCH3 is 1. The molecule has 2 heterocycles. The fraction of sp³-hybridized carbons (Fsp3) is 0.294. The van der Waals surface area contributed by atoms with E-state index in [0.29, 0.717) is 5.15 Å². The second kappa shape index (κ2) is 5.29. The molecule has 0 spiro atoms. The first kappa shape index (κ1) is 13.6. The van der Waals surface area contributed by atoms with Gasteiger partial charge in [0.1, 0.15) is 10.9 Å². The molecule has 0 atom stereocenters. The number of benzene rings is 1. The molecule has 3 aromatic rings. The number of fused-ring (bicyclic) bond motifs is 2. The molecule has 22 heavy (non-hydrogen) atoms. The Morgan fingerprint density at radius 2 is 1.91 bits per heavy atom. The number of aryl methyl sites for hydroxylation is 1. The molecule has 5 heteroatoms. The van der Waals surface area contributed by atoms with Crippen LogP contribution in [0.25, 0.3) is 16.8 Å². The molecule has 112 valence electrons. The van der Waals surface area contributed by atoms with Crippen molar-refractivity contribution in [1.82, 2.24) is 14.6 Å². The van der Waals surface area contributed by atoms with Crippen molar-refractivity contribution in [3.63, 3.8) is 0 Å². The van der Waals surface area contributed by atoms with Gasteiger partial charge < -0.3 is 4.74 Å². The Morgan fingerprint density at radius 3 is 2.68 bits per heavy atom. The first-order valence-electron chi connectivity index (χ1n) is 7.47. The maximum absolute atomic E-state index is 6.55. The quantitative estimate of drug-likeness (QED) is 0.673. The number of ether oxygens (including phenoxy) is 1. The van der Waals surface area contributed by atoms with Gasteiger partial charge in [-0.1, -0.05) is 23.7 Å². The number of nitrogens with zero attached hydrogens (tertiary/aromatic N) is 3. The first-order valence-corrected chi connectivity index (χ1v) is 7.85. The molecule has 0 bridgehead atoms. The minimum atomic E-state index is 0.708. The van der Waals surface area contributed by atoms with Gasteiger partial charge in [0, 0.05) is 16.8 Å². The highest BCUT2D eigenvalue weighted by Crippen LogP contribution is 2.32. The van der Waals surface area contributed by atoms with Crippen LogP contribution in [0.2, 0.25) is 5.15 Å². The van der Waals surface area contributed by atoms with Crippen molar-refractivity contribution >= 4 is 17.2 Å². The van der Waals surface area contributed by atoms with Crippen molar-refractivity contribution in [2.75, 3.05) is 7.11 Å². The molecule has 0 aliphatic heterocycles. The monoisotopic (exact) mass is 313 g/mol. The van der Waals surface area contributed by atoms with Crippen molar-refractivity contribution in [3.8, 4) is 16.9 Å². The van der Waals surface area contributed by atoms with Gasteiger partial charge in [-0.25, -0.2) is 9.50 Å². The Bertz CT molecular complexity index is 839. The molecule has 1 aliphatic rings. The lowest BCUT2D eigenvalue weighted by Gasteiger charge is -2.16. The molecule has 4 nitrogen and oxygen atoms in total. The van der Waals surface area contributed by atoms with E-state index in [9.17, 15) is 0 Å². The number of halogens is 1. The molecule has 0 saturated heterocycles. The molecule has 0 N–H and O–H groups in total. The number of hydrogen-bond donors (Lipinski definition) is 0. The van der Waals surface area contributed by atoms with Gasteiger partial charge in [0.25, 0.3) is 0 Å². The Morgan fingerprint density at radius 1 is 1.14 bits per heavy atom. The molecule has 0 amide bonds. The highest BCUT2D eigenvalue weighted by molar-refractivity contribution is 6.30. The van der Waals surface area contributed by atoms with Crippen LogP contribution < -0.4 is 4.74 Å². The van der Waals surface area contributed by atoms with Crippen LogP contribution >= 0.6 is 11.6 Å². The van der Waals surface area contributed by atoms with Crippen LogP contribution in [0.3, 0.4) is 0 Å². The van der Waals surface area contributed by atoms with Crippen molar-refractivity contribution in [1.29, 1.82) is 0 Å². The molecular formula is C17H16ClN3O. The molecule has 4 rings (SSSR count). The third kappa shape index (κ3) is 2.06. The molecule has 1 aliphatic carbocycles. The van der Waals surface area contributed by atoms with Gasteiger partial charge in [0.2, 0.25) is 0 Å². The Hall–Kier alpha value is -2.07. The first-order chi connectivity index (χ1) is 10.8.